The molecule has 0 aromatic heterocycles. The van der Waals surface area contributed by atoms with Gasteiger partial charge in [0.25, 0.3) is 0 Å². The van der Waals surface area contributed by atoms with Crippen LogP contribution < -0.4 is 11.5 Å². The third kappa shape index (κ3) is 3.42. The number of ether oxygens (including phenoxy) is 1. The Kier molecular flexibility index (Phi) is 4.84. The van der Waals surface area contributed by atoms with Crippen molar-refractivity contribution in [1.29, 1.82) is 0 Å². The molecule has 2 heterocycles. The summed E-state index contributed by atoms with van der Waals surface area (Å²) in [5, 5.41) is 0. The lowest BCUT2D eigenvalue weighted by molar-refractivity contribution is 0.248. The van der Waals surface area contributed by atoms with E-state index >= 15 is 0 Å². The number of benzene rings is 2. The Bertz CT molecular complexity index is 913. The Hall–Kier alpha value is -2.82. The second-order valence-corrected chi connectivity index (χ2v) is 7.15. The minimum atomic E-state index is 0.0573. The van der Waals surface area contributed by atoms with E-state index in [1.165, 1.54) is 11.1 Å². The molecule has 2 aromatic rings. The van der Waals surface area contributed by atoms with E-state index in [-0.39, 0.29) is 5.92 Å². The van der Waals surface area contributed by atoms with Crippen LogP contribution in [0, 0.1) is 0 Å². The highest BCUT2D eigenvalue weighted by atomic mass is 16.5. The van der Waals surface area contributed by atoms with Crippen LogP contribution in [0.25, 0.3) is 6.08 Å². The predicted molar refractivity (Wildman–Crippen MR) is 109 cm³/mol. The average molecular weight is 359 g/mol. The molecule has 2 aliphatic heterocycles. The molecule has 4 nitrogen and oxygen atoms in total. The van der Waals surface area contributed by atoms with Crippen molar-refractivity contribution in [3.05, 3.63) is 100 Å². The standard InChI is InChI=1S/C23H25N3O/c1-26-14-18(12-16-8-4-2-5-9-16)22-20(15-26)21(17-10-6-3-7-11-17)19(13-24)23(25)27-22/h2-12,21H,13-15,24-25H2,1H3/b18-12+. The van der Waals surface area contributed by atoms with Gasteiger partial charge in [-0.15, -0.1) is 0 Å². The van der Waals surface area contributed by atoms with Gasteiger partial charge in [-0.2, -0.15) is 0 Å². The Labute approximate surface area is 160 Å². The number of likely N-dealkylation sites (N-methyl/N-ethyl adjacent to an activating group) is 1. The van der Waals surface area contributed by atoms with Gasteiger partial charge < -0.3 is 16.2 Å². The molecule has 2 aliphatic rings. The number of rotatable bonds is 3. The van der Waals surface area contributed by atoms with Crippen LogP contribution in [0.3, 0.4) is 0 Å². The van der Waals surface area contributed by atoms with Gasteiger partial charge in [-0.1, -0.05) is 60.7 Å². The lowest BCUT2D eigenvalue weighted by Crippen LogP contribution is -2.37. The van der Waals surface area contributed by atoms with Crippen molar-refractivity contribution in [3.63, 3.8) is 0 Å². The lowest BCUT2D eigenvalue weighted by atomic mass is 9.80. The fourth-order valence-corrected chi connectivity index (χ4v) is 4.00. The quantitative estimate of drug-likeness (QED) is 0.883. The van der Waals surface area contributed by atoms with E-state index in [1.807, 2.05) is 24.3 Å². The normalized spacial score (nSPS) is 22.0. The largest absolute Gasteiger partial charge is 0.441 e. The molecule has 0 bridgehead atoms. The Balaban J connectivity index is 1.85. The fraction of sp³-hybridized carbons (Fsp3) is 0.217. The van der Waals surface area contributed by atoms with E-state index in [0.29, 0.717) is 12.4 Å². The first kappa shape index (κ1) is 17.6. The van der Waals surface area contributed by atoms with E-state index < -0.39 is 0 Å². The third-order valence-corrected chi connectivity index (χ3v) is 5.18. The third-order valence-electron chi connectivity index (χ3n) is 5.18. The molecule has 138 valence electrons. The molecule has 0 spiro atoms. The number of nitrogens with zero attached hydrogens (tertiary/aromatic N) is 1. The summed E-state index contributed by atoms with van der Waals surface area (Å²) in [6.45, 7) is 2.03. The molecule has 2 aromatic carbocycles. The summed E-state index contributed by atoms with van der Waals surface area (Å²) in [5.41, 5.74) is 18.1. The van der Waals surface area contributed by atoms with Gasteiger partial charge >= 0.3 is 0 Å². The van der Waals surface area contributed by atoms with Gasteiger partial charge in [0, 0.05) is 36.7 Å². The highest BCUT2D eigenvalue weighted by Crippen LogP contribution is 2.43. The Morgan fingerprint density at radius 2 is 1.70 bits per heavy atom. The average Bonchev–Trinajstić information content (AvgIpc) is 2.69. The van der Waals surface area contributed by atoms with E-state index in [2.05, 4.69) is 54.4 Å². The maximum atomic E-state index is 6.32. The molecule has 4 heteroatoms. The molecular weight excluding hydrogens is 334 g/mol. The minimum absolute atomic E-state index is 0.0573. The maximum Gasteiger partial charge on any atom is 0.192 e. The summed E-state index contributed by atoms with van der Waals surface area (Å²) in [6.07, 6.45) is 2.19. The van der Waals surface area contributed by atoms with Gasteiger partial charge in [0.15, 0.2) is 5.88 Å². The zero-order valence-corrected chi connectivity index (χ0v) is 15.6. The predicted octanol–water partition coefficient (Wildman–Crippen LogP) is 3.21. The van der Waals surface area contributed by atoms with Gasteiger partial charge in [0.2, 0.25) is 0 Å². The summed E-state index contributed by atoms with van der Waals surface area (Å²) in [5.74, 6) is 1.40. The maximum absolute atomic E-state index is 6.32. The van der Waals surface area contributed by atoms with E-state index in [4.69, 9.17) is 16.2 Å². The summed E-state index contributed by atoms with van der Waals surface area (Å²) in [6, 6.07) is 20.7. The molecule has 0 aliphatic carbocycles. The topological polar surface area (TPSA) is 64.5 Å². The molecule has 4 rings (SSSR count). The summed E-state index contributed by atoms with van der Waals surface area (Å²) in [4.78, 5) is 2.31. The van der Waals surface area contributed by atoms with Crippen LogP contribution in [-0.4, -0.2) is 31.6 Å². The summed E-state index contributed by atoms with van der Waals surface area (Å²) >= 11 is 0. The van der Waals surface area contributed by atoms with E-state index in [9.17, 15) is 0 Å². The molecule has 1 unspecified atom stereocenters. The number of hydrogen-bond donors (Lipinski definition) is 2. The number of nitrogens with two attached hydrogens (primary N) is 2. The first-order valence-electron chi connectivity index (χ1n) is 9.26. The van der Waals surface area contributed by atoms with Crippen LogP contribution in [0.2, 0.25) is 0 Å². The van der Waals surface area contributed by atoms with Gasteiger partial charge in [0.05, 0.1) is 0 Å². The van der Waals surface area contributed by atoms with Crippen LogP contribution >= 0.6 is 0 Å². The van der Waals surface area contributed by atoms with Crippen molar-refractivity contribution in [3.8, 4) is 0 Å². The minimum Gasteiger partial charge on any atom is -0.441 e. The lowest BCUT2D eigenvalue weighted by Gasteiger charge is -2.38. The van der Waals surface area contributed by atoms with Crippen LogP contribution in [0.5, 0.6) is 0 Å². The zero-order chi connectivity index (χ0) is 18.8. The molecule has 27 heavy (non-hydrogen) atoms. The van der Waals surface area contributed by atoms with Crippen LogP contribution in [0.4, 0.5) is 0 Å². The molecule has 4 N–H and O–H groups in total. The Morgan fingerprint density at radius 3 is 2.37 bits per heavy atom. The molecule has 0 radical (unpaired) electrons. The molecule has 0 fully saturated rings. The first-order valence-corrected chi connectivity index (χ1v) is 9.26. The van der Waals surface area contributed by atoms with Gasteiger partial charge in [-0.25, -0.2) is 0 Å². The molecule has 0 saturated heterocycles. The molecular formula is C23H25N3O. The van der Waals surface area contributed by atoms with Crippen molar-refractivity contribution < 1.29 is 4.74 Å². The zero-order valence-electron chi connectivity index (χ0n) is 15.6. The van der Waals surface area contributed by atoms with Crippen molar-refractivity contribution >= 4 is 6.08 Å². The number of hydrogen-bond acceptors (Lipinski definition) is 4. The SMILES string of the molecule is CN1CC2=C(OC(N)=C(CN)C2c2ccccc2)/C(=C/c2ccccc2)C1. The highest BCUT2D eigenvalue weighted by molar-refractivity contribution is 5.62. The smallest absolute Gasteiger partial charge is 0.192 e. The Morgan fingerprint density at radius 1 is 1.04 bits per heavy atom. The molecule has 1 atom stereocenters. The van der Waals surface area contributed by atoms with Crippen molar-refractivity contribution in [2.75, 3.05) is 26.7 Å². The molecule has 0 saturated carbocycles. The second kappa shape index (κ2) is 7.43. The van der Waals surface area contributed by atoms with Crippen LogP contribution in [0.15, 0.2) is 89.0 Å². The van der Waals surface area contributed by atoms with Gasteiger partial charge in [-0.3, -0.25) is 4.90 Å². The fourth-order valence-electron chi connectivity index (χ4n) is 4.00. The van der Waals surface area contributed by atoms with Crippen molar-refractivity contribution in [2.45, 2.75) is 5.92 Å². The summed E-state index contributed by atoms with van der Waals surface area (Å²) < 4.78 is 6.14. The van der Waals surface area contributed by atoms with Crippen molar-refractivity contribution in [2.24, 2.45) is 11.5 Å². The summed E-state index contributed by atoms with van der Waals surface area (Å²) in [7, 11) is 2.13. The van der Waals surface area contributed by atoms with E-state index in [0.717, 1.165) is 35.6 Å². The first-order chi connectivity index (χ1) is 13.2. The molecule has 0 amide bonds. The van der Waals surface area contributed by atoms with Crippen LogP contribution in [0.1, 0.15) is 17.0 Å². The van der Waals surface area contributed by atoms with Gasteiger partial charge in [-0.05, 0) is 29.8 Å². The van der Waals surface area contributed by atoms with Crippen molar-refractivity contribution in [1.82, 2.24) is 4.90 Å². The monoisotopic (exact) mass is 359 g/mol. The van der Waals surface area contributed by atoms with E-state index in [1.54, 1.807) is 0 Å². The van der Waals surface area contributed by atoms with Crippen LogP contribution in [-0.2, 0) is 4.74 Å². The van der Waals surface area contributed by atoms with Gasteiger partial charge in [0.1, 0.15) is 5.76 Å². The highest BCUT2D eigenvalue weighted by Gasteiger charge is 2.36. The second-order valence-electron chi connectivity index (χ2n) is 7.15.